The Balaban J connectivity index is 0.00000161. The van der Waals surface area contributed by atoms with Gasteiger partial charge >= 0.3 is 0 Å². The number of hydrogen-bond acceptors (Lipinski definition) is 4. The number of pyridine rings is 1. The number of hydrogen-bond donors (Lipinski definition) is 2. The molecule has 21 heavy (non-hydrogen) atoms. The molecule has 0 spiro atoms. The van der Waals surface area contributed by atoms with Crippen molar-refractivity contribution in [2.75, 3.05) is 18.4 Å². The molecule has 3 rings (SSSR count). The van der Waals surface area contributed by atoms with Crippen molar-refractivity contribution in [1.29, 1.82) is 0 Å². The van der Waals surface area contributed by atoms with Crippen molar-refractivity contribution in [3.63, 3.8) is 0 Å². The van der Waals surface area contributed by atoms with Gasteiger partial charge in [0.2, 0.25) is 5.91 Å². The molecule has 0 aromatic carbocycles. The van der Waals surface area contributed by atoms with Crippen LogP contribution in [0.5, 0.6) is 0 Å². The third-order valence-electron chi connectivity index (χ3n) is 3.64. The first-order valence-corrected chi connectivity index (χ1v) is 6.70. The third-order valence-corrected chi connectivity index (χ3v) is 3.64. The van der Waals surface area contributed by atoms with Gasteiger partial charge in [0.05, 0.1) is 17.8 Å². The third kappa shape index (κ3) is 3.40. The predicted octanol–water partition coefficient (Wildman–Crippen LogP) is 1.48. The molecular weight excluding hydrogens is 290 g/mol. The second kappa shape index (κ2) is 6.69. The highest BCUT2D eigenvalue weighted by molar-refractivity contribution is 5.93. The number of imidazole rings is 1. The van der Waals surface area contributed by atoms with E-state index in [4.69, 9.17) is 0 Å². The molecule has 1 amide bonds. The lowest BCUT2D eigenvalue weighted by Crippen LogP contribution is -2.27. The normalized spacial score (nSPS) is 20.8. The highest BCUT2D eigenvalue weighted by Gasteiger charge is 2.29. The molecule has 3 heterocycles. The quantitative estimate of drug-likeness (QED) is 0.901. The Morgan fingerprint density at radius 1 is 1.43 bits per heavy atom. The Morgan fingerprint density at radius 2 is 2.29 bits per heavy atom. The zero-order valence-corrected chi connectivity index (χ0v) is 12.5. The standard InChI is InChI=1S/C14H17N5O.ClH/c1-10-6-16-8-12(10)14(20)18-11-2-3-13(17-7-11)19-5-4-15-9-19;/h2-5,7,9-10,12,16H,6,8H2,1H3,(H,18,20);1H/t10-,12-;/m1./s1. The number of anilines is 1. The Kier molecular flexibility index (Phi) is 4.93. The van der Waals surface area contributed by atoms with Crippen LogP contribution in [0.1, 0.15) is 6.92 Å². The monoisotopic (exact) mass is 307 g/mol. The molecule has 1 fully saturated rings. The van der Waals surface area contributed by atoms with Gasteiger partial charge in [-0.15, -0.1) is 12.4 Å². The largest absolute Gasteiger partial charge is 0.324 e. The molecule has 0 bridgehead atoms. The number of aromatic nitrogens is 3. The van der Waals surface area contributed by atoms with Gasteiger partial charge in [-0.1, -0.05) is 6.92 Å². The summed E-state index contributed by atoms with van der Waals surface area (Å²) in [7, 11) is 0. The molecule has 1 aliphatic heterocycles. The van der Waals surface area contributed by atoms with E-state index < -0.39 is 0 Å². The molecule has 2 atom stereocenters. The fraction of sp³-hybridized carbons (Fsp3) is 0.357. The van der Waals surface area contributed by atoms with Gasteiger partial charge in [0, 0.05) is 18.9 Å². The molecule has 2 aromatic heterocycles. The molecule has 0 saturated carbocycles. The van der Waals surface area contributed by atoms with Gasteiger partial charge in [-0.05, 0) is 24.6 Å². The van der Waals surface area contributed by atoms with Crippen molar-refractivity contribution in [3.05, 3.63) is 37.1 Å². The minimum absolute atomic E-state index is 0. The molecule has 6 nitrogen and oxygen atoms in total. The van der Waals surface area contributed by atoms with Crippen LogP contribution >= 0.6 is 12.4 Å². The second-order valence-electron chi connectivity index (χ2n) is 5.11. The smallest absolute Gasteiger partial charge is 0.229 e. The first-order valence-electron chi connectivity index (χ1n) is 6.70. The van der Waals surface area contributed by atoms with Crippen LogP contribution in [0, 0.1) is 11.8 Å². The summed E-state index contributed by atoms with van der Waals surface area (Å²) in [5.41, 5.74) is 0.720. The maximum absolute atomic E-state index is 12.1. The lowest BCUT2D eigenvalue weighted by atomic mass is 9.97. The van der Waals surface area contributed by atoms with Gasteiger partial charge in [0.1, 0.15) is 12.1 Å². The first kappa shape index (κ1) is 15.5. The molecule has 0 aliphatic carbocycles. The van der Waals surface area contributed by atoms with Crippen molar-refractivity contribution >= 4 is 24.0 Å². The van der Waals surface area contributed by atoms with Crippen LogP contribution in [0.25, 0.3) is 5.82 Å². The summed E-state index contributed by atoms with van der Waals surface area (Å²) in [5.74, 6) is 1.23. The lowest BCUT2D eigenvalue weighted by Gasteiger charge is -2.14. The highest BCUT2D eigenvalue weighted by Crippen LogP contribution is 2.18. The zero-order chi connectivity index (χ0) is 13.9. The highest BCUT2D eigenvalue weighted by atomic mass is 35.5. The maximum atomic E-state index is 12.1. The van der Waals surface area contributed by atoms with Gasteiger partial charge in [-0.2, -0.15) is 0 Å². The van der Waals surface area contributed by atoms with Gasteiger partial charge in [-0.3, -0.25) is 9.36 Å². The van der Waals surface area contributed by atoms with Crippen LogP contribution in [-0.4, -0.2) is 33.5 Å². The minimum atomic E-state index is 0. The van der Waals surface area contributed by atoms with E-state index >= 15 is 0 Å². The van der Waals surface area contributed by atoms with Crippen molar-refractivity contribution in [3.8, 4) is 5.82 Å². The topological polar surface area (TPSA) is 71.8 Å². The Bertz CT molecular complexity index is 584. The molecule has 7 heteroatoms. The molecular formula is C14H18ClN5O. The van der Waals surface area contributed by atoms with Crippen LogP contribution < -0.4 is 10.6 Å². The second-order valence-corrected chi connectivity index (χ2v) is 5.11. The van der Waals surface area contributed by atoms with E-state index in [1.165, 1.54) is 0 Å². The molecule has 0 unspecified atom stereocenters. The predicted molar refractivity (Wildman–Crippen MR) is 82.8 cm³/mol. The van der Waals surface area contributed by atoms with Gasteiger partial charge in [-0.25, -0.2) is 9.97 Å². The van der Waals surface area contributed by atoms with Crippen molar-refractivity contribution in [2.24, 2.45) is 11.8 Å². The van der Waals surface area contributed by atoms with Crippen molar-refractivity contribution < 1.29 is 4.79 Å². The number of nitrogens with one attached hydrogen (secondary N) is 2. The lowest BCUT2D eigenvalue weighted by molar-refractivity contribution is -0.120. The fourth-order valence-corrected chi connectivity index (χ4v) is 2.40. The summed E-state index contributed by atoms with van der Waals surface area (Å²) in [6, 6.07) is 3.71. The van der Waals surface area contributed by atoms with Crippen molar-refractivity contribution in [2.45, 2.75) is 6.92 Å². The Hall–Kier alpha value is -1.92. The summed E-state index contributed by atoms with van der Waals surface area (Å²) in [4.78, 5) is 20.4. The summed E-state index contributed by atoms with van der Waals surface area (Å²) < 4.78 is 1.81. The average Bonchev–Trinajstić information content (AvgIpc) is 3.10. The number of rotatable bonds is 3. The summed E-state index contributed by atoms with van der Waals surface area (Å²) in [6.07, 6.45) is 6.88. The average molecular weight is 308 g/mol. The molecule has 1 saturated heterocycles. The summed E-state index contributed by atoms with van der Waals surface area (Å²) >= 11 is 0. The number of carbonyl (C=O) groups excluding carboxylic acids is 1. The van der Waals surface area contributed by atoms with Crippen LogP contribution in [0.15, 0.2) is 37.1 Å². The van der Waals surface area contributed by atoms with E-state index in [0.29, 0.717) is 5.92 Å². The van der Waals surface area contributed by atoms with E-state index in [2.05, 4.69) is 27.5 Å². The molecule has 112 valence electrons. The number of halogens is 1. The van der Waals surface area contributed by atoms with E-state index in [9.17, 15) is 4.79 Å². The number of carbonyl (C=O) groups is 1. The number of nitrogens with zero attached hydrogens (tertiary/aromatic N) is 3. The van der Waals surface area contributed by atoms with Gasteiger partial charge < -0.3 is 10.6 Å². The first-order chi connectivity index (χ1) is 9.74. The van der Waals surface area contributed by atoms with Crippen LogP contribution in [0.2, 0.25) is 0 Å². The van der Waals surface area contributed by atoms with Crippen molar-refractivity contribution in [1.82, 2.24) is 19.9 Å². The Morgan fingerprint density at radius 3 is 2.86 bits per heavy atom. The SMILES string of the molecule is C[C@@H]1CNC[C@H]1C(=O)Nc1ccc(-n2ccnc2)nc1.Cl. The minimum Gasteiger partial charge on any atom is -0.324 e. The van der Waals surface area contributed by atoms with E-state index in [1.54, 1.807) is 18.7 Å². The van der Waals surface area contributed by atoms with E-state index in [1.807, 2.05) is 22.9 Å². The zero-order valence-electron chi connectivity index (χ0n) is 11.7. The number of amides is 1. The summed E-state index contributed by atoms with van der Waals surface area (Å²) in [6.45, 7) is 3.73. The summed E-state index contributed by atoms with van der Waals surface area (Å²) in [5, 5.41) is 6.15. The van der Waals surface area contributed by atoms with E-state index in [0.717, 1.165) is 24.6 Å². The molecule has 2 N–H and O–H groups in total. The van der Waals surface area contributed by atoms with Crippen LogP contribution in [0.4, 0.5) is 5.69 Å². The van der Waals surface area contributed by atoms with Gasteiger partial charge in [0.15, 0.2) is 0 Å². The molecule has 0 radical (unpaired) electrons. The molecule has 1 aliphatic rings. The van der Waals surface area contributed by atoms with Crippen LogP contribution in [-0.2, 0) is 4.79 Å². The van der Waals surface area contributed by atoms with E-state index in [-0.39, 0.29) is 24.2 Å². The Labute approximate surface area is 129 Å². The molecule has 2 aromatic rings. The maximum Gasteiger partial charge on any atom is 0.229 e. The fourth-order valence-electron chi connectivity index (χ4n) is 2.40. The van der Waals surface area contributed by atoms with Gasteiger partial charge in [0.25, 0.3) is 0 Å². The van der Waals surface area contributed by atoms with Crippen LogP contribution in [0.3, 0.4) is 0 Å².